The van der Waals surface area contributed by atoms with Crippen molar-refractivity contribution in [2.75, 3.05) is 33.7 Å². The molecule has 0 unspecified atom stereocenters. The van der Waals surface area contributed by atoms with Crippen molar-refractivity contribution in [1.29, 1.82) is 0 Å². The maximum absolute atomic E-state index is 12.9. The molecule has 152 valence electrons. The molecule has 0 fully saturated rings. The number of rotatable bonds is 7. The van der Waals surface area contributed by atoms with E-state index in [1.54, 1.807) is 39.0 Å². The highest BCUT2D eigenvalue weighted by molar-refractivity contribution is 5.95. The Morgan fingerprint density at radius 3 is 2.39 bits per heavy atom. The van der Waals surface area contributed by atoms with Gasteiger partial charge in [0.2, 0.25) is 0 Å². The first-order valence-electron chi connectivity index (χ1n) is 9.00. The average Bonchev–Trinajstić information content (AvgIpc) is 3.10. The average molecular weight is 389 g/mol. The number of likely N-dealkylation sites (N-methyl/N-ethyl adjacent to an activating group) is 1. The van der Waals surface area contributed by atoms with Crippen LogP contribution in [0.15, 0.2) is 39.7 Å². The molecule has 0 saturated carbocycles. The van der Waals surface area contributed by atoms with Gasteiger partial charge in [-0.3, -0.25) is 14.4 Å². The molecular formula is C20H27N3O5. The van der Waals surface area contributed by atoms with Crippen LogP contribution in [-0.4, -0.2) is 66.0 Å². The molecule has 0 aliphatic heterocycles. The summed E-state index contributed by atoms with van der Waals surface area (Å²) < 4.78 is 10.6. The molecule has 2 aromatic rings. The van der Waals surface area contributed by atoms with Crippen molar-refractivity contribution in [2.45, 2.75) is 26.4 Å². The zero-order valence-corrected chi connectivity index (χ0v) is 16.9. The number of furan rings is 1. The zero-order valence-electron chi connectivity index (χ0n) is 16.9. The quantitative estimate of drug-likeness (QED) is 0.728. The fourth-order valence-electron chi connectivity index (χ4n) is 2.49. The lowest BCUT2D eigenvalue weighted by atomic mass is 10.2. The van der Waals surface area contributed by atoms with Gasteiger partial charge in [-0.2, -0.15) is 0 Å². The summed E-state index contributed by atoms with van der Waals surface area (Å²) in [6, 6.07) is 6.46. The van der Waals surface area contributed by atoms with E-state index >= 15 is 0 Å². The van der Waals surface area contributed by atoms with E-state index in [1.807, 2.05) is 19.0 Å². The molecule has 0 bridgehead atoms. The van der Waals surface area contributed by atoms with Gasteiger partial charge in [0.1, 0.15) is 23.5 Å². The molecule has 2 rings (SSSR count). The molecule has 2 aromatic heterocycles. The lowest BCUT2D eigenvalue weighted by Gasteiger charge is -2.26. The van der Waals surface area contributed by atoms with Crippen molar-refractivity contribution in [3.05, 3.63) is 46.4 Å². The van der Waals surface area contributed by atoms with Gasteiger partial charge in [-0.25, -0.2) is 0 Å². The number of H-pyrrole nitrogens is 1. The summed E-state index contributed by atoms with van der Waals surface area (Å²) in [7, 11) is 3.72. The Bertz CT molecular complexity index is 863. The SMILES string of the molecule is CN(C)CCN(CC(=O)OC(C)(C)C)C(=O)c1ccc(-c2ccco2)[nH]c1=O. The van der Waals surface area contributed by atoms with Crippen LogP contribution in [0.25, 0.3) is 11.5 Å². The molecule has 0 aliphatic rings. The molecule has 28 heavy (non-hydrogen) atoms. The highest BCUT2D eigenvalue weighted by Gasteiger charge is 2.25. The Morgan fingerprint density at radius 1 is 1.14 bits per heavy atom. The highest BCUT2D eigenvalue weighted by atomic mass is 16.6. The Labute approximate surface area is 164 Å². The van der Waals surface area contributed by atoms with E-state index in [0.29, 0.717) is 18.0 Å². The third-order valence-electron chi connectivity index (χ3n) is 3.77. The predicted octanol–water partition coefficient (Wildman–Crippen LogP) is 1.98. The van der Waals surface area contributed by atoms with Crippen LogP contribution in [-0.2, 0) is 9.53 Å². The minimum absolute atomic E-state index is 0.0439. The second-order valence-electron chi connectivity index (χ2n) is 7.71. The van der Waals surface area contributed by atoms with Crippen molar-refractivity contribution >= 4 is 11.9 Å². The maximum atomic E-state index is 12.9. The number of carbonyl (C=O) groups is 2. The first kappa shape index (κ1) is 21.4. The monoisotopic (exact) mass is 389 g/mol. The van der Waals surface area contributed by atoms with E-state index in [4.69, 9.17) is 9.15 Å². The Balaban J connectivity index is 2.23. The molecule has 1 amide bonds. The number of carbonyl (C=O) groups excluding carboxylic acids is 2. The molecule has 1 N–H and O–H groups in total. The number of amides is 1. The third kappa shape index (κ3) is 6.09. The van der Waals surface area contributed by atoms with Gasteiger partial charge in [0.05, 0.1) is 12.0 Å². The fourth-order valence-corrected chi connectivity index (χ4v) is 2.49. The minimum Gasteiger partial charge on any atom is -0.463 e. The molecule has 2 heterocycles. The molecule has 0 radical (unpaired) electrons. The Kier molecular flexibility index (Phi) is 6.80. The summed E-state index contributed by atoms with van der Waals surface area (Å²) in [4.78, 5) is 43.5. The second kappa shape index (κ2) is 8.88. The van der Waals surface area contributed by atoms with Crippen LogP contribution < -0.4 is 5.56 Å². The molecule has 8 heteroatoms. The number of pyridine rings is 1. The van der Waals surface area contributed by atoms with Crippen LogP contribution in [0.1, 0.15) is 31.1 Å². The van der Waals surface area contributed by atoms with Crippen LogP contribution in [0.2, 0.25) is 0 Å². The number of esters is 1. The van der Waals surface area contributed by atoms with Crippen LogP contribution in [0, 0.1) is 0 Å². The van der Waals surface area contributed by atoms with Crippen molar-refractivity contribution in [3.63, 3.8) is 0 Å². The van der Waals surface area contributed by atoms with E-state index in [1.165, 1.54) is 17.2 Å². The van der Waals surface area contributed by atoms with Crippen LogP contribution in [0.4, 0.5) is 0 Å². The highest BCUT2D eigenvalue weighted by Crippen LogP contribution is 2.16. The molecule has 0 saturated heterocycles. The van der Waals surface area contributed by atoms with E-state index in [-0.39, 0.29) is 18.7 Å². The summed E-state index contributed by atoms with van der Waals surface area (Å²) in [5, 5.41) is 0. The summed E-state index contributed by atoms with van der Waals surface area (Å²) in [5.74, 6) is -0.558. The number of ether oxygens (including phenoxy) is 1. The molecule has 0 aliphatic carbocycles. The first-order valence-corrected chi connectivity index (χ1v) is 9.00. The van der Waals surface area contributed by atoms with Gasteiger partial charge >= 0.3 is 5.97 Å². The van der Waals surface area contributed by atoms with Gasteiger partial charge in [0.15, 0.2) is 0 Å². The van der Waals surface area contributed by atoms with Gasteiger partial charge < -0.3 is 23.9 Å². The predicted molar refractivity (Wildman–Crippen MR) is 105 cm³/mol. The van der Waals surface area contributed by atoms with E-state index in [0.717, 1.165) is 0 Å². The summed E-state index contributed by atoms with van der Waals surface area (Å²) in [5.41, 5.74) is -0.774. The summed E-state index contributed by atoms with van der Waals surface area (Å²) in [6.07, 6.45) is 1.50. The van der Waals surface area contributed by atoms with Crippen molar-refractivity contribution in [2.24, 2.45) is 0 Å². The van der Waals surface area contributed by atoms with Gasteiger partial charge in [0, 0.05) is 13.1 Å². The number of hydrogen-bond acceptors (Lipinski definition) is 6. The second-order valence-corrected chi connectivity index (χ2v) is 7.71. The van der Waals surface area contributed by atoms with Crippen LogP contribution in [0.5, 0.6) is 0 Å². The van der Waals surface area contributed by atoms with Crippen molar-refractivity contribution < 1.29 is 18.7 Å². The Morgan fingerprint density at radius 2 is 1.86 bits per heavy atom. The Hall–Kier alpha value is -2.87. The lowest BCUT2D eigenvalue weighted by Crippen LogP contribution is -2.43. The maximum Gasteiger partial charge on any atom is 0.326 e. The van der Waals surface area contributed by atoms with Gasteiger partial charge in [-0.1, -0.05) is 0 Å². The van der Waals surface area contributed by atoms with Crippen molar-refractivity contribution in [1.82, 2.24) is 14.8 Å². The summed E-state index contributed by atoms with van der Waals surface area (Å²) in [6.45, 7) is 5.86. The van der Waals surface area contributed by atoms with E-state index in [9.17, 15) is 14.4 Å². The standard InChI is InChI=1S/C20H27N3O5/c1-20(2,3)28-17(24)13-23(11-10-22(4)5)19(26)14-8-9-15(21-18(14)25)16-7-6-12-27-16/h6-9,12H,10-11,13H2,1-5H3,(H,21,25). The van der Waals surface area contributed by atoms with E-state index in [2.05, 4.69) is 4.98 Å². The molecule has 8 nitrogen and oxygen atoms in total. The number of nitrogens with zero attached hydrogens (tertiary/aromatic N) is 2. The van der Waals surface area contributed by atoms with E-state index < -0.39 is 23.0 Å². The van der Waals surface area contributed by atoms with Crippen LogP contribution >= 0.6 is 0 Å². The molecule has 0 atom stereocenters. The number of nitrogens with one attached hydrogen (secondary N) is 1. The molecular weight excluding hydrogens is 362 g/mol. The normalized spacial score (nSPS) is 11.5. The number of aromatic amines is 1. The third-order valence-corrected chi connectivity index (χ3v) is 3.77. The van der Waals surface area contributed by atoms with Crippen LogP contribution in [0.3, 0.4) is 0 Å². The minimum atomic E-state index is -0.657. The molecule has 0 spiro atoms. The number of hydrogen-bond donors (Lipinski definition) is 1. The fraction of sp³-hybridized carbons (Fsp3) is 0.450. The zero-order chi connectivity index (χ0) is 20.9. The van der Waals surface area contributed by atoms with Gasteiger partial charge in [-0.05, 0) is 59.1 Å². The largest absolute Gasteiger partial charge is 0.463 e. The van der Waals surface area contributed by atoms with Gasteiger partial charge in [0.25, 0.3) is 11.5 Å². The van der Waals surface area contributed by atoms with Gasteiger partial charge in [-0.15, -0.1) is 0 Å². The smallest absolute Gasteiger partial charge is 0.326 e. The lowest BCUT2D eigenvalue weighted by molar-refractivity contribution is -0.155. The van der Waals surface area contributed by atoms with Crippen molar-refractivity contribution in [3.8, 4) is 11.5 Å². The number of aromatic nitrogens is 1. The summed E-state index contributed by atoms with van der Waals surface area (Å²) >= 11 is 0. The first-order chi connectivity index (χ1) is 13.1. The molecule has 0 aromatic carbocycles. The topological polar surface area (TPSA) is 95.8 Å².